The highest BCUT2D eigenvalue weighted by Gasteiger charge is 2.36. The molecule has 0 saturated carbocycles. The average Bonchev–Trinajstić information content (AvgIpc) is 3.86. The zero-order valence-corrected chi connectivity index (χ0v) is 34.9. The Kier molecular flexibility index (Phi) is 12.2. The fraction of sp³-hybridized carbons (Fsp3) is 0.628. The number of thioether (sulfide) groups is 1. The standard InChI is InChI=1S/C43H60N2S4/c1-9-11-13-15-17-19-21-28(22-20-18-16-14-12-10-2)34-25-30-31-26-35(29-23-24-33(42(3,4)5)38-37(29)44-49-45-38)47-40(31)41-32(39(30)46-34)27-36(48-41)43(6,7)8/h23-26,28,36H,9-22,27H2,1-8H3. The Balaban J connectivity index is 1.40. The van der Waals surface area contributed by atoms with E-state index in [1.807, 2.05) is 11.3 Å². The second-order valence-electron chi connectivity index (χ2n) is 16.9. The third-order valence-electron chi connectivity index (χ3n) is 10.8. The number of hydrogen-bond donors (Lipinski definition) is 0. The van der Waals surface area contributed by atoms with Crippen molar-refractivity contribution in [2.45, 2.75) is 173 Å². The summed E-state index contributed by atoms with van der Waals surface area (Å²) < 4.78 is 12.8. The third-order valence-corrected chi connectivity index (χ3v) is 15.9. The Morgan fingerprint density at radius 3 is 1.96 bits per heavy atom. The van der Waals surface area contributed by atoms with Crippen molar-refractivity contribution < 1.29 is 0 Å². The van der Waals surface area contributed by atoms with Crippen LogP contribution in [0.1, 0.15) is 167 Å². The van der Waals surface area contributed by atoms with Crippen LogP contribution < -0.4 is 0 Å². The quantitative estimate of drug-likeness (QED) is 0.0945. The fourth-order valence-corrected chi connectivity index (χ4v) is 12.7. The van der Waals surface area contributed by atoms with Crippen molar-refractivity contribution >= 4 is 77.4 Å². The lowest BCUT2D eigenvalue weighted by atomic mass is 9.85. The predicted molar refractivity (Wildman–Crippen MR) is 224 cm³/mol. The number of fused-ring (bicyclic) bond motifs is 7. The van der Waals surface area contributed by atoms with Gasteiger partial charge in [0.1, 0.15) is 11.0 Å². The first-order chi connectivity index (χ1) is 23.5. The van der Waals surface area contributed by atoms with E-state index in [0.29, 0.717) is 11.2 Å². The molecule has 3 aromatic heterocycles. The van der Waals surface area contributed by atoms with Crippen molar-refractivity contribution in [2.75, 3.05) is 0 Å². The van der Waals surface area contributed by atoms with Crippen LogP contribution in [-0.2, 0) is 11.8 Å². The molecule has 0 radical (unpaired) electrons. The van der Waals surface area contributed by atoms with E-state index in [1.54, 1.807) is 20.0 Å². The molecule has 0 saturated heterocycles. The lowest BCUT2D eigenvalue weighted by Crippen LogP contribution is -2.22. The van der Waals surface area contributed by atoms with Gasteiger partial charge in [0, 0.05) is 45.6 Å². The molecular formula is C43H60N2S4. The molecule has 0 N–H and O–H groups in total. The van der Waals surface area contributed by atoms with E-state index in [4.69, 9.17) is 8.75 Å². The molecule has 1 unspecified atom stereocenters. The molecular weight excluding hydrogens is 673 g/mol. The van der Waals surface area contributed by atoms with Crippen LogP contribution in [0.3, 0.4) is 0 Å². The van der Waals surface area contributed by atoms with Gasteiger partial charge in [0.05, 0.1) is 11.7 Å². The Labute approximate surface area is 313 Å². The summed E-state index contributed by atoms with van der Waals surface area (Å²) in [4.78, 5) is 4.56. The maximum absolute atomic E-state index is 4.88. The minimum Gasteiger partial charge on any atom is -0.173 e. The van der Waals surface area contributed by atoms with E-state index < -0.39 is 0 Å². The Morgan fingerprint density at radius 1 is 0.714 bits per heavy atom. The van der Waals surface area contributed by atoms with Gasteiger partial charge in [0.25, 0.3) is 0 Å². The molecule has 1 aliphatic rings. The Hall–Kier alpha value is -1.47. The van der Waals surface area contributed by atoms with Gasteiger partial charge >= 0.3 is 0 Å². The Bertz CT molecular complexity index is 1830. The summed E-state index contributed by atoms with van der Waals surface area (Å²) in [6.07, 6.45) is 20.5. The van der Waals surface area contributed by atoms with E-state index in [2.05, 4.69) is 103 Å². The molecule has 1 aliphatic heterocycles. The lowest BCUT2D eigenvalue weighted by Gasteiger charge is -2.25. The van der Waals surface area contributed by atoms with Crippen LogP contribution in [0.15, 0.2) is 29.2 Å². The zero-order valence-electron chi connectivity index (χ0n) is 31.6. The van der Waals surface area contributed by atoms with Gasteiger partial charge < -0.3 is 0 Å². The highest BCUT2D eigenvalue weighted by atomic mass is 32.2. The molecule has 0 fully saturated rings. The minimum atomic E-state index is 0.0346. The molecule has 0 bridgehead atoms. The number of unbranched alkanes of at least 4 members (excludes halogenated alkanes) is 10. The van der Waals surface area contributed by atoms with Crippen LogP contribution in [0.2, 0.25) is 0 Å². The minimum absolute atomic E-state index is 0.0346. The molecule has 0 aliphatic carbocycles. The van der Waals surface area contributed by atoms with Crippen LogP contribution in [0.5, 0.6) is 0 Å². The third kappa shape index (κ3) is 8.28. The highest BCUT2D eigenvalue weighted by molar-refractivity contribution is 8.00. The zero-order chi connectivity index (χ0) is 34.8. The topological polar surface area (TPSA) is 25.8 Å². The van der Waals surface area contributed by atoms with Gasteiger partial charge in [-0.05, 0) is 59.3 Å². The van der Waals surface area contributed by atoms with Crippen molar-refractivity contribution in [3.8, 4) is 10.4 Å². The maximum atomic E-state index is 4.88. The smallest absolute Gasteiger partial charge is 0.113 e. The maximum Gasteiger partial charge on any atom is 0.113 e. The van der Waals surface area contributed by atoms with Gasteiger partial charge in [-0.2, -0.15) is 8.75 Å². The van der Waals surface area contributed by atoms with E-state index in [-0.39, 0.29) is 10.8 Å². The van der Waals surface area contributed by atoms with Gasteiger partial charge in [-0.15, -0.1) is 34.4 Å². The summed E-state index contributed by atoms with van der Waals surface area (Å²) in [5, 5.41) is 3.59. The van der Waals surface area contributed by atoms with Gasteiger partial charge in [-0.1, -0.05) is 145 Å². The molecule has 266 valence electrons. The number of benzene rings is 2. The SMILES string of the molecule is CCCCCCCCC(CCCCCCCC)c1cc2c(s1)c1c(c3sc(-c4ccc(C(C)(C)C)c5nsnc45)cc32)SC(C(C)(C)C)C1. The van der Waals surface area contributed by atoms with Crippen molar-refractivity contribution in [1.82, 2.24) is 8.75 Å². The molecule has 5 aromatic rings. The fourth-order valence-electron chi connectivity index (χ4n) is 7.77. The van der Waals surface area contributed by atoms with Crippen molar-refractivity contribution in [1.29, 1.82) is 0 Å². The first-order valence-electron chi connectivity index (χ1n) is 19.5. The number of rotatable bonds is 16. The second-order valence-corrected chi connectivity index (χ2v) is 20.8. The summed E-state index contributed by atoms with van der Waals surface area (Å²) in [5.41, 5.74) is 6.62. The summed E-state index contributed by atoms with van der Waals surface area (Å²) in [6.45, 7) is 18.8. The summed E-state index contributed by atoms with van der Waals surface area (Å²) >= 11 is 7.69. The van der Waals surface area contributed by atoms with E-state index in [1.165, 1.54) is 140 Å². The Morgan fingerprint density at radius 2 is 1.33 bits per heavy atom. The molecule has 6 rings (SSSR count). The average molecular weight is 733 g/mol. The highest BCUT2D eigenvalue weighted by Crippen LogP contribution is 2.56. The lowest BCUT2D eigenvalue weighted by molar-refractivity contribution is 0.396. The van der Waals surface area contributed by atoms with Gasteiger partial charge in [0.15, 0.2) is 0 Å². The first-order valence-corrected chi connectivity index (χ1v) is 22.7. The monoisotopic (exact) mass is 732 g/mol. The van der Waals surface area contributed by atoms with Gasteiger partial charge in [-0.3, -0.25) is 0 Å². The van der Waals surface area contributed by atoms with Crippen LogP contribution in [0, 0.1) is 5.41 Å². The van der Waals surface area contributed by atoms with Crippen LogP contribution in [0.4, 0.5) is 0 Å². The van der Waals surface area contributed by atoms with Crippen molar-refractivity contribution in [3.05, 3.63) is 40.3 Å². The van der Waals surface area contributed by atoms with Gasteiger partial charge in [-0.25, -0.2) is 0 Å². The van der Waals surface area contributed by atoms with Crippen LogP contribution in [-0.4, -0.2) is 14.0 Å². The number of nitrogens with zero attached hydrogens (tertiary/aromatic N) is 2. The van der Waals surface area contributed by atoms with Gasteiger partial charge in [0.2, 0.25) is 0 Å². The van der Waals surface area contributed by atoms with Crippen molar-refractivity contribution in [2.24, 2.45) is 5.41 Å². The number of thiophene rings is 2. The van der Waals surface area contributed by atoms with Crippen LogP contribution in [0.25, 0.3) is 41.6 Å². The summed E-state index contributed by atoms with van der Waals surface area (Å²) in [5.74, 6) is 0.691. The molecule has 0 amide bonds. The molecule has 49 heavy (non-hydrogen) atoms. The predicted octanol–water partition coefficient (Wildman–Crippen LogP) is 15.7. The largest absolute Gasteiger partial charge is 0.173 e. The molecule has 6 heteroatoms. The molecule has 4 heterocycles. The molecule has 0 spiro atoms. The van der Waals surface area contributed by atoms with E-state index in [9.17, 15) is 0 Å². The van der Waals surface area contributed by atoms with E-state index in [0.717, 1.165) is 11.0 Å². The summed E-state index contributed by atoms with van der Waals surface area (Å²) in [6, 6.07) is 9.82. The number of hydrogen-bond acceptors (Lipinski definition) is 6. The molecule has 2 aromatic carbocycles. The first kappa shape index (κ1) is 37.3. The van der Waals surface area contributed by atoms with Crippen LogP contribution >= 0.6 is 46.2 Å². The molecule has 2 nitrogen and oxygen atoms in total. The normalized spacial score (nSPS) is 15.5. The molecule has 1 atom stereocenters. The second kappa shape index (κ2) is 16.0. The number of aromatic nitrogens is 2. The van der Waals surface area contributed by atoms with E-state index >= 15 is 0 Å². The summed E-state index contributed by atoms with van der Waals surface area (Å²) in [7, 11) is 0. The van der Waals surface area contributed by atoms with Crippen molar-refractivity contribution in [3.63, 3.8) is 0 Å².